The Bertz CT molecular complexity index is 1540. The summed E-state index contributed by atoms with van der Waals surface area (Å²) in [4.78, 5) is 55.6. The molecule has 1 saturated heterocycles. The number of ketones is 2. The van der Waals surface area contributed by atoms with Gasteiger partial charge in [-0.1, -0.05) is 36.8 Å². The van der Waals surface area contributed by atoms with Crippen molar-refractivity contribution in [3.8, 4) is 11.5 Å². The van der Waals surface area contributed by atoms with Gasteiger partial charge in [0.1, 0.15) is 11.5 Å². The van der Waals surface area contributed by atoms with Crippen LogP contribution >= 0.6 is 0 Å². The van der Waals surface area contributed by atoms with Crippen molar-refractivity contribution < 1.29 is 29.0 Å². The van der Waals surface area contributed by atoms with E-state index in [1.807, 2.05) is 25.1 Å². The van der Waals surface area contributed by atoms with Crippen molar-refractivity contribution in [3.05, 3.63) is 88.0 Å². The number of ether oxygens (including phenoxy) is 1. The van der Waals surface area contributed by atoms with Gasteiger partial charge in [-0.05, 0) is 61.9 Å². The lowest BCUT2D eigenvalue weighted by molar-refractivity contribution is -0.123. The molecule has 4 aliphatic rings. The normalized spacial score (nSPS) is 26.2. The van der Waals surface area contributed by atoms with E-state index in [-0.39, 0.29) is 35.6 Å². The Labute approximate surface area is 226 Å². The Hall–Kier alpha value is -4.26. The second-order valence-corrected chi connectivity index (χ2v) is 10.7. The average molecular weight is 524 g/mol. The number of phenolic OH excluding ortho intramolecular Hbond substituents is 1. The predicted molar refractivity (Wildman–Crippen MR) is 144 cm³/mol. The second kappa shape index (κ2) is 9.19. The van der Waals surface area contributed by atoms with E-state index in [1.54, 1.807) is 31.2 Å². The minimum atomic E-state index is -0.702. The van der Waals surface area contributed by atoms with Crippen molar-refractivity contribution in [2.24, 2.45) is 17.8 Å². The summed E-state index contributed by atoms with van der Waals surface area (Å²) in [5.74, 6) is -2.98. The highest BCUT2D eigenvalue weighted by molar-refractivity contribution is 6.25. The van der Waals surface area contributed by atoms with Gasteiger partial charge in [-0.3, -0.25) is 24.1 Å². The fourth-order valence-corrected chi connectivity index (χ4v) is 6.77. The molecule has 0 unspecified atom stereocenters. The molecule has 3 aliphatic carbocycles. The van der Waals surface area contributed by atoms with E-state index in [1.165, 1.54) is 24.2 Å². The monoisotopic (exact) mass is 523 g/mol. The largest absolute Gasteiger partial charge is 0.507 e. The number of fused-ring (bicyclic) bond motifs is 3. The SMILES string of the molecule is CCc1ccc(N2C(=O)[C@H]3[C@H](CC=C4[C@H](c5ccc(OC)cc5O)C5=C(C[C@H]43)C(=O)C(C)=CC5=O)C2=O)cc1. The molecule has 2 aromatic rings. The number of carbonyl (C=O) groups is 4. The maximum atomic E-state index is 14.0. The lowest BCUT2D eigenvalue weighted by Gasteiger charge is -2.42. The molecule has 0 aromatic heterocycles. The van der Waals surface area contributed by atoms with Crippen LogP contribution in [0.3, 0.4) is 0 Å². The Morgan fingerprint density at radius 3 is 2.41 bits per heavy atom. The number of aromatic hydroxyl groups is 1. The van der Waals surface area contributed by atoms with Gasteiger partial charge in [0, 0.05) is 34.3 Å². The van der Waals surface area contributed by atoms with E-state index in [0.717, 1.165) is 17.6 Å². The van der Waals surface area contributed by atoms with Crippen molar-refractivity contribution in [3.63, 3.8) is 0 Å². The predicted octanol–water partition coefficient (Wildman–Crippen LogP) is 4.60. The van der Waals surface area contributed by atoms with Gasteiger partial charge in [0.25, 0.3) is 0 Å². The number of carbonyl (C=O) groups excluding carboxylic acids is 4. The van der Waals surface area contributed by atoms with Gasteiger partial charge < -0.3 is 9.84 Å². The van der Waals surface area contributed by atoms with Crippen molar-refractivity contribution in [1.82, 2.24) is 0 Å². The number of phenols is 1. The third-order valence-corrected chi connectivity index (χ3v) is 8.71. The van der Waals surface area contributed by atoms with Crippen molar-refractivity contribution in [1.29, 1.82) is 0 Å². The molecule has 198 valence electrons. The van der Waals surface area contributed by atoms with Crippen LogP contribution in [0.2, 0.25) is 0 Å². The van der Waals surface area contributed by atoms with Crippen LogP contribution in [-0.4, -0.2) is 35.6 Å². The zero-order valence-corrected chi connectivity index (χ0v) is 22.1. The number of rotatable bonds is 4. The fourth-order valence-electron chi connectivity index (χ4n) is 6.77. The van der Waals surface area contributed by atoms with Gasteiger partial charge in [-0.25, -0.2) is 0 Å². The van der Waals surface area contributed by atoms with Crippen LogP contribution in [0.15, 0.2) is 76.9 Å². The molecule has 1 fully saturated rings. The van der Waals surface area contributed by atoms with Crippen LogP contribution in [0.25, 0.3) is 0 Å². The summed E-state index contributed by atoms with van der Waals surface area (Å²) >= 11 is 0. The summed E-state index contributed by atoms with van der Waals surface area (Å²) in [7, 11) is 1.50. The Morgan fingerprint density at radius 1 is 1.00 bits per heavy atom. The van der Waals surface area contributed by atoms with Gasteiger partial charge in [-0.2, -0.15) is 0 Å². The quantitative estimate of drug-likeness (QED) is 0.357. The van der Waals surface area contributed by atoms with Gasteiger partial charge in [0.15, 0.2) is 11.6 Å². The van der Waals surface area contributed by atoms with E-state index in [0.29, 0.717) is 40.1 Å². The number of Topliss-reactive ketones (excluding diaryl/α,β-unsaturated/α-hetero) is 1. The molecule has 0 saturated carbocycles. The zero-order valence-electron chi connectivity index (χ0n) is 22.1. The zero-order chi connectivity index (χ0) is 27.6. The molecule has 6 rings (SSSR count). The maximum absolute atomic E-state index is 14.0. The molecule has 0 radical (unpaired) electrons. The van der Waals surface area contributed by atoms with Crippen LogP contribution in [0.1, 0.15) is 43.7 Å². The van der Waals surface area contributed by atoms with Crippen LogP contribution in [0, 0.1) is 17.8 Å². The highest BCUT2D eigenvalue weighted by atomic mass is 16.5. The lowest BCUT2D eigenvalue weighted by Crippen LogP contribution is -2.39. The van der Waals surface area contributed by atoms with E-state index < -0.39 is 23.7 Å². The van der Waals surface area contributed by atoms with Crippen LogP contribution in [0.4, 0.5) is 5.69 Å². The third kappa shape index (κ3) is 3.71. The Morgan fingerprint density at radius 2 is 1.74 bits per heavy atom. The van der Waals surface area contributed by atoms with Gasteiger partial charge >= 0.3 is 0 Å². The standard InChI is InChI=1S/C32H29NO6/c1-4-17-5-7-18(8-6-17)33-31(37)22-12-11-20-23(28(22)32(33)38)15-24-29(26(35)13-16(2)30(24)36)27(20)21-10-9-19(39-3)14-25(21)34/h5-11,13-14,22-23,27-28,34H,4,12,15H2,1-3H3/t22-,23+,27+,28-/m0/s1. The number of methoxy groups -OCH3 is 1. The van der Waals surface area contributed by atoms with Gasteiger partial charge in [0.2, 0.25) is 11.8 Å². The number of anilines is 1. The molecule has 1 N–H and O–H groups in total. The number of imide groups is 1. The minimum absolute atomic E-state index is 0.0622. The molecular weight excluding hydrogens is 494 g/mol. The molecule has 4 atom stereocenters. The molecule has 7 heteroatoms. The summed E-state index contributed by atoms with van der Waals surface area (Å²) < 4.78 is 5.25. The third-order valence-electron chi connectivity index (χ3n) is 8.71. The summed E-state index contributed by atoms with van der Waals surface area (Å²) in [6, 6.07) is 12.3. The minimum Gasteiger partial charge on any atom is -0.507 e. The topological polar surface area (TPSA) is 101 Å². The summed E-state index contributed by atoms with van der Waals surface area (Å²) in [5.41, 5.74) is 3.98. The van der Waals surface area contributed by atoms with Crippen LogP contribution in [0.5, 0.6) is 11.5 Å². The van der Waals surface area contributed by atoms with Gasteiger partial charge in [0.05, 0.1) is 24.6 Å². The molecule has 0 bridgehead atoms. The van der Waals surface area contributed by atoms with E-state index >= 15 is 0 Å². The molecule has 0 spiro atoms. The fraction of sp³-hybridized carbons (Fsp3) is 0.312. The number of aryl methyl sites for hydroxylation is 1. The summed E-state index contributed by atoms with van der Waals surface area (Å²) in [6.07, 6.45) is 4.69. The number of amides is 2. The van der Waals surface area contributed by atoms with E-state index in [2.05, 4.69) is 0 Å². The van der Waals surface area contributed by atoms with Crippen molar-refractivity contribution >= 4 is 29.1 Å². The van der Waals surface area contributed by atoms with Crippen LogP contribution in [-0.2, 0) is 25.6 Å². The highest BCUT2D eigenvalue weighted by Crippen LogP contribution is 2.56. The number of nitrogens with zero attached hydrogens (tertiary/aromatic N) is 1. The molecular formula is C32H29NO6. The van der Waals surface area contributed by atoms with E-state index in [9.17, 15) is 24.3 Å². The summed E-state index contributed by atoms with van der Waals surface area (Å²) in [6.45, 7) is 3.66. The summed E-state index contributed by atoms with van der Waals surface area (Å²) in [5, 5.41) is 11.0. The molecule has 2 amide bonds. The first-order valence-corrected chi connectivity index (χ1v) is 13.3. The van der Waals surface area contributed by atoms with Gasteiger partial charge in [-0.15, -0.1) is 0 Å². The molecule has 2 aromatic carbocycles. The number of hydrogen-bond donors (Lipinski definition) is 1. The molecule has 39 heavy (non-hydrogen) atoms. The second-order valence-electron chi connectivity index (χ2n) is 10.7. The van der Waals surface area contributed by atoms with Crippen LogP contribution < -0.4 is 9.64 Å². The maximum Gasteiger partial charge on any atom is 0.238 e. The first-order valence-electron chi connectivity index (χ1n) is 13.3. The molecule has 1 heterocycles. The van der Waals surface area contributed by atoms with Crippen molar-refractivity contribution in [2.45, 2.75) is 39.0 Å². The smallest absolute Gasteiger partial charge is 0.238 e. The Balaban J connectivity index is 1.47. The number of benzene rings is 2. The van der Waals surface area contributed by atoms with Crippen molar-refractivity contribution in [2.75, 3.05) is 12.0 Å². The van der Waals surface area contributed by atoms with E-state index in [4.69, 9.17) is 4.74 Å². The lowest BCUT2D eigenvalue weighted by atomic mass is 9.59. The first kappa shape index (κ1) is 25.0. The molecule has 7 nitrogen and oxygen atoms in total. The highest BCUT2D eigenvalue weighted by Gasteiger charge is 2.56. The Kier molecular flexibility index (Phi) is 5.90. The number of allylic oxidation sites excluding steroid dienone is 6. The molecule has 1 aliphatic heterocycles. The number of hydrogen-bond acceptors (Lipinski definition) is 6. The average Bonchev–Trinajstić information content (AvgIpc) is 3.20. The first-order chi connectivity index (χ1) is 18.7.